The first kappa shape index (κ1) is 16.4. The van der Waals surface area contributed by atoms with Crippen LogP contribution in [-0.4, -0.2) is 31.0 Å². The highest BCUT2D eigenvalue weighted by Crippen LogP contribution is 2.23. The van der Waals surface area contributed by atoms with Gasteiger partial charge in [0.25, 0.3) is 0 Å². The fourth-order valence-corrected chi connectivity index (χ4v) is 2.51. The van der Waals surface area contributed by atoms with Crippen LogP contribution in [0.15, 0.2) is 22.7 Å². The van der Waals surface area contributed by atoms with Crippen LogP contribution in [0.2, 0.25) is 0 Å². The molecule has 3 N–H and O–H groups in total. The summed E-state index contributed by atoms with van der Waals surface area (Å²) in [6, 6.07) is 5.44. The number of sulfone groups is 1. The summed E-state index contributed by atoms with van der Waals surface area (Å²) in [4.78, 5) is 0.315. The van der Waals surface area contributed by atoms with Crippen molar-refractivity contribution in [1.82, 2.24) is 0 Å². The Morgan fingerprint density at radius 3 is 2.47 bits per heavy atom. The SMILES string of the molecule is CC(C)(CNc1ccc(C(N)=S)c(Br)c1)S(C)(=O)=O. The monoisotopic (exact) mass is 364 g/mol. The van der Waals surface area contributed by atoms with E-state index in [0.717, 1.165) is 15.7 Å². The molecule has 0 aliphatic heterocycles. The molecule has 0 radical (unpaired) electrons. The van der Waals surface area contributed by atoms with Gasteiger partial charge in [-0.25, -0.2) is 8.42 Å². The predicted octanol–water partition coefficient (Wildman–Crippen LogP) is 2.32. The van der Waals surface area contributed by atoms with E-state index in [9.17, 15) is 8.42 Å². The summed E-state index contributed by atoms with van der Waals surface area (Å²) < 4.78 is 23.2. The van der Waals surface area contributed by atoms with Crippen LogP contribution >= 0.6 is 28.1 Å². The molecule has 1 aromatic rings. The highest BCUT2D eigenvalue weighted by molar-refractivity contribution is 9.10. The standard InChI is InChI=1S/C12H17BrN2O2S2/c1-12(2,19(3,16)17)7-15-8-4-5-9(11(14)18)10(13)6-8/h4-6,15H,7H2,1-3H3,(H2,14,18). The van der Waals surface area contributed by atoms with Gasteiger partial charge in [-0.05, 0) is 48.0 Å². The summed E-state index contributed by atoms with van der Waals surface area (Å²) >= 11 is 8.30. The Kier molecular flexibility index (Phi) is 4.97. The first-order valence-corrected chi connectivity index (χ1v) is 8.67. The zero-order valence-electron chi connectivity index (χ0n) is 11.0. The highest BCUT2D eigenvalue weighted by Gasteiger charge is 2.29. The minimum atomic E-state index is -3.12. The van der Waals surface area contributed by atoms with Crippen LogP contribution in [0.25, 0.3) is 0 Å². The quantitative estimate of drug-likeness (QED) is 0.784. The largest absolute Gasteiger partial charge is 0.389 e. The maximum atomic E-state index is 11.6. The van der Waals surface area contributed by atoms with Gasteiger partial charge in [0, 0.05) is 28.5 Å². The second-order valence-corrected chi connectivity index (χ2v) is 8.89. The van der Waals surface area contributed by atoms with E-state index in [-0.39, 0.29) is 0 Å². The molecule has 0 saturated carbocycles. The molecule has 0 aromatic heterocycles. The lowest BCUT2D eigenvalue weighted by Gasteiger charge is -2.23. The molecule has 4 nitrogen and oxygen atoms in total. The summed E-state index contributed by atoms with van der Waals surface area (Å²) in [7, 11) is -3.12. The molecule has 0 spiro atoms. The number of hydrogen-bond acceptors (Lipinski definition) is 4. The lowest BCUT2D eigenvalue weighted by molar-refractivity contribution is 0.560. The predicted molar refractivity (Wildman–Crippen MR) is 87.4 cm³/mol. The molecule has 0 atom stereocenters. The van der Waals surface area contributed by atoms with Gasteiger partial charge >= 0.3 is 0 Å². The Hall–Kier alpha value is -0.660. The smallest absolute Gasteiger partial charge is 0.154 e. The third kappa shape index (κ3) is 4.15. The minimum absolute atomic E-state index is 0.315. The molecule has 19 heavy (non-hydrogen) atoms. The van der Waals surface area contributed by atoms with Crippen molar-refractivity contribution in [2.75, 3.05) is 18.1 Å². The Bertz CT molecular complexity index is 598. The minimum Gasteiger partial charge on any atom is -0.389 e. The summed E-state index contributed by atoms with van der Waals surface area (Å²) in [5.41, 5.74) is 7.13. The van der Waals surface area contributed by atoms with E-state index in [1.807, 2.05) is 12.1 Å². The third-order valence-electron chi connectivity index (χ3n) is 2.96. The zero-order chi connectivity index (χ0) is 14.8. The zero-order valence-corrected chi connectivity index (χ0v) is 14.2. The number of nitrogens with two attached hydrogens (primary N) is 1. The van der Waals surface area contributed by atoms with Gasteiger partial charge in [0.05, 0.1) is 4.75 Å². The van der Waals surface area contributed by atoms with Crippen molar-refractivity contribution < 1.29 is 8.42 Å². The molecule has 1 rings (SSSR count). The lowest BCUT2D eigenvalue weighted by atomic mass is 10.2. The molecule has 0 saturated heterocycles. The van der Waals surface area contributed by atoms with Gasteiger partial charge in [-0.15, -0.1) is 0 Å². The van der Waals surface area contributed by atoms with Crippen molar-refractivity contribution in [3.05, 3.63) is 28.2 Å². The van der Waals surface area contributed by atoms with Crippen molar-refractivity contribution in [2.45, 2.75) is 18.6 Å². The number of thiocarbonyl (C=S) groups is 1. The van der Waals surface area contributed by atoms with E-state index in [4.69, 9.17) is 18.0 Å². The number of halogens is 1. The number of hydrogen-bond donors (Lipinski definition) is 2. The second kappa shape index (κ2) is 5.76. The van der Waals surface area contributed by atoms with Crippen LogP contribution in [0, 0.1) is 0 Å². The van der Waals surface area contributed by atoms with E-state index < -0.39 is 14.6 Å². The molecule has 0 unspecified atom stereocenters. The Morgan fingerprint density at radius 1 is 1.47 bits per heavy atom. The van der Waals surface area contributed by atoms with Gasteiger partial charge < -0.3 is 11.1 Å². The van der Waals surface area contributed by atoms with Crippen LogP contribution in [0.1, 0.15) is 19.4 Å². The molecular weight excluding hydrogens is 348 g/mol. The average Bonchev–Trinajstić information content (AvgIpc) is 2.24. The van der Waals surface area contributed by atoms with E-state index in [2.05, 4.69) is 21.2 Å². The maximum absolute atomic E-state index is 11.6. The van der Waals surface area contributed by atoms with E-state index in [1.165, 1.54) is 6.26 Å². The molecule has 0 fully saturated rings. The highest BCUT2D eigenvalue weighted by atomic mass is 79.9. The number of benzene rings is 1. The van der Waals surface area contributed by atoms with Crippen molar-refractivity contribution in [3.8, 4) is 0 Å². The van der Waals surface area contributed by atoms with Crippen molar-refractivity contribution in [3.63, 3.8) is 0 Å². The maximum Gasteiger partial charge on any atom is 0.154 e. The van der Waals surface area contributed by atoms with Gasteiger partial charge in [0.1, 0.15) is 4.99 Å². The summed E-state index contributed by atoms with van der Waals surface area (Å²) in [6.07, 6.45) is 1.24. The van der Waals surface area contributed by atoms with Gasteiger partial charge in [0.15, 0.2) is 9.84 Å². The molecule has 106 valence electrons. The summed E-state index contributed by atoms with van der Waals surface area (Å²) in [5, 5.41) is 3.11. The molecule has 0 aliphatic rings. The Labute approximate surface area is 127 Å². The second-order valence-electron chi connectivity index (χ2n) is 4.94. The van der Waals surface area contributed by atoms with Crippen LogP contribution in [0.5, 0.6) is 0 Å². The van der Waals surface area contributed by atoms with E-state index in [1.54, 1.807) is 19.9 Å². The Balaban J connectivity index is 2.86. The van der Waals surface area contributed by atoms with E-state index in [0.29, 0.717) is 11.5 Å². The first-order valence-electron chi connectivity index (χ1n) is 5.57. The number of anilines is 1. The van der Waals surface area contributed by atoms with Crippen molar-refractivity contribution in [2.24, 2.45) is 5.73 Å². The summed E-state index contributed by atoms with van der Waals surface area (Å²) in [6.45, 7) is 3.70. The van der Waals surface area contributed by atoms with Crippen molar-refractivity contribution >= 4 is 48.7 Å². The van der Waals surface area contributed by atoms with Gasteiger partial charge in [-0.2, -0.15) is 0 Å². The molecule has 0 bridgehead atoms. The van der Waals surface area contributed by atoms with Gasteiger partial charge in [-0.1, -0.05) is 12.2 Å². The Morgan fingerprint density at radius 2 is 2.05 bits per heavy atom. The van der Waals surface area contributed by atoms with Crippen LogP contribution < -0.4 is 11.1 Å². The van der Waals surface area contributed by atoms with Crippen LogP contribution in [0.4, 0.5) is 5.69 Å². The topological polar surface area (TPSA) is 72.2 Å². The fourth-order valence-electron chi connectivity index (χ4n) is 1.27. The molecule has 0 amide bonds. The van der Waals surface area contributed by atoms with Crippen LogP contribution in [-0.2, 0) is 9.84 Å². The molecule has 1 aromatic carbocycles. The van der Waals surface area contributed by atoms with Gasteiger partial charge in [-0.3, -0.25) is 0 Å². The van der Waals surface area contributed by atoms with E-state index >= 15 is 0 Å². The van der Waals surface area contributed by atoms with Crippen LogP contribution in [0.3, 0.4) is 0 Å². The van der Waals surface area contributed by atoms with Gasteiger partial charge in [0.2, 0.25) is 0 Å². The number of nitrogens with one attached hydrogen (secondary N) is 1. The fraction of sp³-hybridized carbons (Fsp3) is 0.417. The normalized spacial score (nSPS) is 12.2. The molecule has 7 heteroatoms. The molecular formula is C12H17BrN2O2S2. The third-order valence-corrected chi connectivity index (χ3v) is 5.98. The summed E-state index contributed by atoms with van der Waals surface area (Å²) in [5.74, 6) is 0. The number of rotatable bonds is 5. The van der Waals surface area contributed by atoms with Crippen molar-refractivity contribution in [1.29, 1.82) is 0 Å². The lowest BCUT2D eigenvalue weighted by Crippen LogP contribution is -2.38. The first-order chi connectivity index (χ1) is 8.54. The average molecular weight is 365 g/mol. The molecule has 0 heterocycles. The molecule has 0 aliphatic carbocycles.